The van der Waals surface area contributed by atoms with Gasteiger partial charge in [-0.1, -0.05) is 29.8 Å². The fourth-order valence-corrected chi connectivity index (χ4v) is 3.11. The van der Waals surface area contributed by atoms with E-state index in [0.29, 0.717) is 12.8 Å². The summed E-state index contributed by atoms with van der Waals surface area (Å²) in [6.07, 6.45) is 1.38. The molecule has 0 aliphatic heterocycles. The predicted molar refractivity (Wildman–Crippen MR) is 78.1 cm³/mol. The molecule has 1 saturated carbocycles. The van der Waals surface area contributed by atoms with Gasteiger partial charge in [-0.15, -0.1) is 0 Å². The lowest BCUT2D eigenvalue weighted by Crippen LogP contribution is -2.22. The van der Waals surface area contributed by atoms with Crippen molar-refractivity contribution in [1.29, 1.82) is 0 Å². The topological polar surface area (TPSA) is 46.5 Å². The Morgan fingerprint density at radius 2 is 2.05 bits per heavy atom. The molecule has 1 aliphatic rings. The highest BCUT2D eigenvalue weighted by atomic mass is 79.9. The molecule has 104 valence electrons. The van der Waals surface area contributed by atoms with Crippen LogP contribution >= 0.6 is 15.9 Å². The number of benzene rings is 1. The van der Waals surface area contributed by atoms with Crippen LogP contribution in [0.1, 0.15) is 49.3 Å². The maximum atomic E-state index is 11.6. The molecular weight excluding hydrogens is 308 g/mol. The Labute approximate surface area is 122 Å². The fourth-order valence-electron chi connectivity index (χ4n) is 2.67. The third-order valence-corrected chi connectivity index (χ3v) is 4.79. The fraction of sp³-hybridized carbons (Fsp3) is 0.533. The van der Waals surface area contributed by atoms with Gasteiger partial charge in [-0.2, -0.15) is 0 Å². The van der Waals surface area contributed by atoms with Crippen LogP contribution in [0.2, 0.25) is 0 Å². The molecule has 0 aromatic heterocycles. The summed E-state index contributed by atoms with van der Waals surface area (Å²) in [7, 11) is 1.62. The molecule has 0 bridgehead atoms. The molecule has 1 aliphatic carbocycles. The summed E-state index contributed by atoms with van der Waals surface area (Å²) >= 11 is 3.55. The molecule has 0 radical (unpaired) electrons. The summed E-state index contributed by atoms with van der Waals surface area (Å²) in [5.74, 6) is 0.285. The van der Waals surface area contributed by atoms with E-state index in [-0.39, 0.29) is 5.92 Å². The molecule has 1 fully saturated rings. The number of ether oxygens (including phenoxy) is 1. The quantitative estimate of drug-likeness (QED) is 0.909. The standard InChI is InChI=1S/C15H19BrO3/c1-8(2)10-7-11(16)9(3)12(13(10)19-4)15(5-6-15)14(17)18/h7-8H,5-6H2,1-4H3,(H,17,18). The second kappa shape index (κ2) is 4.82. The highest BCUT2D eigenvalue weighted by molar-refractivity contribution is 9.10. The average molecular weight is 327 g/mol. The number of rotatable bonds is 4. The van der Waals surface area contributed by atoms with E-state index in [4.69, 9.17) is 4.74 Å². The van der Waals surface area contributed by atoms with Crippen LogP contribution in [0, 0.1) is 6.92 Å². The highest BCUT2D eigenvalue weighted by Gasteiger charge is 2.54. The number of carboxylic acid groups (broad SMARTS) is 1. The maximum absolute atomic E-state index is 11.6. The first-order chi connectivity index (χ1) is 8.85. The zero-order valence-corrected chi connectivity index (χ0v) is 13.3. The molecule has 0 saturated heterocycles. The van der Waals surface area contributed by atoms with E-state index in [1.807, 2.05) is 13.0 Å². The van der Waals surface area contributed by atoms with Gasteiger partial charge in [-0.3, -0.25) is 4.79 Å². The van der Waals surface area contributed by atoms with Gasteiger partial charge >= 0.3 is 5.97 Å². The van der Waals surface area contributed by atoms with Gasteiger partial charge < -0.3 is 9.84 Å². The number of hydrogen-bond donors (Lipinski definition) is 1. The van der Waals surface area contributed by atoms with Crippen molar-refractivity contribution in [2.45, 2.75) is 44.9 Å². The molecule has 0 unspecified atom stereocenters. The first kappa shape index (κ1) is 14.4. The zero-order valence-electron chi connectivity index (χ0n) is 11.7. The Hall–Kier alpha value is -1.03. The molecule has 2 rings (SSSR count). The van der Waals surface area contributed by atoms with Gasteiger partial charge in [0.25, 0.3) is 0 Å². The minimum Gasteiger partial charge on any atom is -0.496 e. The summed E-state index contributed by atoms with van der Waals surface area (Å²) in [5.41, 5.74) is 2.13. The molecule has 1 aromatic rings. The summed E-state index contributed by atoms with van der Waals surface area (Å²) in [4.78, 5) is 11.6. The van der Waals surface area contributed by atoms with Crippen LogP contribution < -0.4 is 4.74 Å². The van der Waals surface area contributed by atoms with Crippen molar-refractivity contribution in [3.8, 4) is 5.75 Å². The minimum absolute atomic E-state index is 0.287. The Bertz CT molecular complexity index is 531. The van der Waals surface area contributed by atoms with Crippen molar-refractivity contribution < 1.29 is 14.6 Å². The summed E-state index contributed by atoms with van der Waals surface area (Å²) in [6, 6.07) is 2.04. The van der Waals surface area contributed by atoms with Crippen LogP contribution in [0.25, 0.3) is 0 Å². The van der Waals surface area contributed by atoms with E-state index >= 15 is 0 Å². The third-order valence-electron chi connectivity index (χ3n) is 3.97. The van der Waals surface area contributed by atoms with Crippen LogP contribution in [-0.4, -0.2) is 18.2 Å². The van der Waals surface area contributed by atoms with Gasteiger partial charge in [0.2, 0.25) is 0 Å². The van der Waals surface area contributed by atoms with Crippen molar-refractivity contribution >= 4 is 21.9 Å². The lowest BCUT2D eigenvalue weighted by Gasteiger charge is -2.23. The average Bonchev–Trinajstić information content (AvgIpc) is 3.12. The van der Waals surface area contributed by atoms with E-state index in [1.165, 1.54) is 0 Å². The number of aliphatic carboxylic acids is 1. The Kier molecular flexibility index (Phi) is 3.65. The Morgan fingerprint density at radius 1 is 1.47 bits per heavy atom. The van der Waals surface area contributed by atoms with Gasteiger partial charge in [-0.25, -0.2) is 0 Å². The summed E-state index contributed by atoms with van der Waals surface area (Å²) < 4.78 is 6.52. The Balaban J connectivity index is 2.75. The van der Waals surface area contributed by atoms with Crippen molar-refractivity contribution in [2.24, 2.45) is 0 Å². The molecule has 19 heavy (non-hydrogen) atoms. The molecular formula is C15H19BrO3. The van der Waals surface area contributed by atoms with E-state index in [2.05, 4.69) is 29.8 Å². The van der Waals surface area contributed by atoms with Crippen molar-refractivity contribution in [3.63, 3.8) is 0 Å². The summed E-state index contributed by atoms with van der Waals surface area (Å²) in [5, 5.41) is 9.55. The van der Waals surface area contributed by atoms with Crippen LogP contribution in [-0.2, 0) is 10.2 Å². The van der Waals surface area contributed by atoms with Gasteiger partial charge in [0.1, 0.15) is 5.75 Å². The zero-order chi connectivity index (χ0) is 14.4. The van der Waals surface area contributed by atoms with Crippen molar-refractivity contribution in [2.75, 3.05) is 7.11 Å². The molecule has 3 nitrogen and oxygen atoms in total. The van der Waals surface area contributed by atoms with E-state index in [9.17, 15) is 9.90 Å². The minimum atomic E-state index is -0.748. The van der Waals surface area contributed by atoms with Crippen molar-refractivity contribution in [3.05, 3.63) is 27.2 Å². The molecule has 4 heteroatoms. The van der Waals surface area contributed by atoms with Crippen LogP contribution in [0.3, 0.4) is 0 Å². The highest BCUT2D eigenvalue weighted by Crippen LogP contribution is 2.55. The first-order valence-corrected chi connectivity index (χ1v) is 7.25. The number of halogens is 1. The molecule has 0 spiro atoms. The van der Waals surface area contributed by atoms with Crippen LogP contribution in [0.15, 0.2) is 10.5 Å². The SMILES string of the molecule is COc1c(C(C)C)cc(Br)c(C)c1C1(C(=O)O)CC1. The van der Waals surface area contributed by atoms with E-state index in [1.54, 1.807) is 7.11 Å². The van der Waals surface area contributed by atoms with E-state index < -0.39 is 11.4 Å². The molecule has 0 atom stereocenters. The summed E-state index contributed by atoms with van der Waals surface area (Å²) in [6.45, 7) is 6.13. The third kappa shape index (κ3) is 2.16. The largest absolute Gasteiger partial charge is 0.496 e. The number of methoxy groups -OCH3 is 1. The maximum Gasteiger partial charge on any atom is 0.314 e. The number of hydrogen-bond acceptors (Lipinski definition) is 2. The van der Waals surface area contributed by atoms with Crippen molar-refractivity contribution in [1.82, 2.24) is 0 Å². The number of carbonyl (C=O) groups is 1. The van der Waals surface area contributed by atoms with E-state index in [0.717, 1.165) is 26.9 Å². The smallest absolute Gasteiger partial charge is 0.314 e. The normalized spacial score (nSPS) is 16.5. The lowest BCUT2D eigenvalue weighted by molar-refractivity contribution is -0.140. The van der Waals surface area contributed by atoms with Gasteiger partial charge in [-0.05, 0) is 42.9 Å². The second-order valence-corrected chi connectivity index (χ2v) is 6.38. The molecule has 1 aromatic carbocycles. The predicted octanol–water partition coefficient (Wildman–Crippen LogP) is 4.01. The Morgan fingerprint density at radius 3 is 2.42 bits per heavy atom. The van der Waals surface area contributed by atoms with Crippen LogP contribution in [0.5, 0.6) is 5.75 Å². The first-order valence-electron chi connectivity index (χ1n) is 6.46. The molecule has 0 amide bonds. The molecule has 1 N–H and O–H groups in total. The monoisotopic (exact) mass is 326 g/mol. The molecule has 0 heterocycles. The van der Waals surface area contributed by atoms with Gasteiger partial charge in [0.05, 0.1) is 12.5 Å². The number of carboxylic acids is 1. The van der Waals surface area contributed by atoms with Gasteiger partial charge in [0, 0.05) is 10.0 Å². The van der Waals surface area contributed by atoms with Crippen LogP contribution in [0.4, 0.5) is 0 Å². The lowest BCUT2D eigenvalue weighted by atomic mass is 9.86. The van der Waals surface area contributed by atoms with Gasteiger partial charge in [0.15, 0.2) is 0 Å². The second-order valence-electron chi connectivity index (χ2n) is 5.52.